The van der Waals surface area contributed by atoms with Crippen LogP contribution in [-0.2, 0) is 9.53 Å². The summed E-state index contributed by atoms with van der Waals surface area (Å²) in [7, 11) is 1.92. The van der Waals surface area contributed by atoms with Gasteiger partial charge in [0.15, 0.2) is 0 Å². The topological polar surface area (TPSA) is 41.6 Å². The van der Waals surface area contributed by atoms with E-state index >= 15 is 0 Å². The lowest BCUT2D eigenvalue weighted by molar-refractivity contribution is -0.153. The van der Waals surface area contributed by atoms with E-state index in [4.69, 9.17) is 4.74 Å². The van der Waals surface area contributed by atoms with E-state index in [-0.39, 0.29) is 5.97 Å². The Morgan fingerprint density at radius 2 is 2.00 bits per heavy atom. The van der Waals surface area contributed by atoms with E-state index in [1.807, 2.05) is 14.0 Å². The fourth-order valence-electron chi connectivity index (χ4n) is 3.91. The third-order valence-electron chi connectivity index (χ3n) is 5.52. The molecule has 3 aliphatic carbocycles. The Morgan fingerprint density at radius 1 is 1.24 bits per heavy atom. The number of likely N-dealkylation sites (N-methyl/N-ethyl adjacent to an activating group) is 1. The molecule has 0 radical (unpaired) electrons. The third-order valence-corrected chi connectivity index (χ3v) is 5.52. The van der Waals surface area contributed by atoms with Crippen LogP contribution >= 0.6 is 0 Å². The van der Waals surface area contributed by atoms with Gasteiger partial charge in [-0.05, 0) is 71.3 Å². The molecule has 0 amide bonds. The molecule has 4 heteroatoms. The van der Waals surface area contributed by atoms with E-state index in [1.54, 1.807) is 0 Å². The quantitative estimate of drug-likeness (QED) is 0.732. The molecule has 4 nitrogen and oxygen atoms in total. The van der Waals surface area contributed by atoms with Crippen LogP contribution in [0.15, 0.2) is 0 Å². The van der Waals surface area contributed by atoms with Crippen molar-refractivity contribution in [1.82, 2.24) is 10.2 Å². The van der Waals surface area contributed by atoms with Crippen molar-refractivity contribution >= 4 is 5.97 Å². The van der Waals surface area contributed by atoms with Crippen LogP contribution in [0.4, 0.5) is 0 Å². The Bertz CT molecular complexity index is 379. The normalized spacial score (nSPS) is 33.2. The molecule has 1 N–H and O–H groups in total. The summed E-state index contributed by atoms with van der Waals surface area (Å²) in [6.45, 7) is 3.63. The zero-order chi connectivity index (χ0) is 14.9. The smallest absolute Gasteiger partial charge is 0.326 e. The molecule has 21 heavy (non-hydrogen) atoms. The maximum atomic E-state index is 12.4. The number of carbonyl (C=O) groups is 1. The maximum Gasteiger partial charge on any atom is 0.326 e. The summed E-state index contributed by atoms with van der Waals surface area (Å²) < 4.78 is 5.35. The number of carbonyl (C=O) groups excluding carboxylic acids is 1. The molecular weight excluding hydrogens is 264 g/mol. The van der Waals surface area contributed by atoms with Gasteiger partial charge in [-0.3, -0.25) is 9.69 Å². The second kappa shape index (κ2) is 6.25. The van der Waals surface area contributed by atoms with Gasteiger partial charge in [0, 0.05) is 18.6 Å². The van der Waals surface area contributed by atoms with E-state index in [2.05, 4.69) is 10.2 Å². The molecule has 120 valence electrons. The molecule has 0 saturated heterocycles. The number of nitrogens with zero attached hydrogens (tertiary/aromatic N) is 1. The van der Waals surface area contributed by atoms with Crippen molar-refractivity contribution in [2.45, 2.75) is 75.9 Å². The lowest BCUT2D eigenvalue weighted by Gasteiger charge is -2.43. The zero-order valence-electron chi connectivity index (χ0n) is 13.6. The van der Waals surface area contributed by atoms with Crippen LogP contribution in [0.5, 0.6) is 0 Å². The van der Waals surface area contributed by atoms with Gasteiger partial charge < -0.3 is 10.1 Å². The maximum absolute atomic E-state index is 12.4. The standard InChI is InChI=1S/C17H30N2O2/c1-3-21-16(20)17(18-2)10-4-5-15(11-17)19(14-8-9-14)12-13-6-7-13/h13-15,18H,3-12H2,1-2H3. The van der Waals surface area contributed by atoms with Gasteiger partial charge in [0.2, 0.25) is 0 Å². The second-order valence-electron chi connectivity index (χ2n) is 7.17. The SMILES string of the molecule is CCOC(=O)C1(NC)CCCC(N(CC2CC2)C2CC2)C1. The Hall–Kier alpha value is -0.610. The number of hydrogen-bond donors (Lipinski definition) is 1. The minimum Gasteiger partial charge on any atom is -0.465 e. The summed E-state index contributed by atoms with van der Waals surface area (Å²) in [6, 6.07) is 1.36. The van der Waals surface area contributed by atoms with E-state index in [1.165, 1.54) is 38.6 Å². The Morgan fingerprint density at radius 3 is 2.57 bits per heavy atom. The monoisotopic (exact) mass is 294 g/mol. The average molecular weight is 294 g/mol. The first-order valence-electron chi connectivity index (χ1n) is 8.80. The molecule has 0 aromatic rings. The molecular formula is C17H30N2O2. The van der Waals surface area contributed by atoms with Crippen molar-refractivity contribution in [2.24, 2.45) is 5.92 Å². The molecule has 0 heterocycles. The van der Waals surface area contributed by atoms with Gasteiger partial charge in [-0.15, -0.1) is 0 Å². The summed E-state index contributed by atoms with van der Waals surface area (Å²) >= 11 is 0. The highest BCUT2D eigenvalue weighted by Crippen LogP contribution is 2.40. The summed E-state index contributed by atoms with van der Waals surface area (Å²) in [4.78, 5) is 15.2. The van der Waals surface area contributed by atoms with Gasteiger partial charge in [0.05, 0.1) is 6.61 Å². The molecule has 3 rings (SSSR count). The number of ether oxygens (including phenoxy) is 1. The van der Waals surface area contributed by atoms with E-state index in [0.717, 1.165) is 31.2 Å². The Balaban J connectivity index is 1.68. The molecule has 2 atom stereocenters. The second-order valence-corrected chi connectivity index (χ2v) is 7.17. The van der Waals surface area contributed by atoms with Crippen molar-refractivity contribution in [3.8, 4) is 0 Å². The molecule has 3 aliphatic rings. The predicted molar refractivity (Wildman–Crippen MR) is 83.1 cm³/mol. The van der Waals surface area contributed by atoms with Crippen molar-refractivity contribution < 1.29 is 9.53 Å². The Kier molecular flexibility index (Phi) is 4.55. The largest absolute Gasteiger partial charge is 0.465 e. The molecule has 0 aromatic heterocycles. The van der Waals surface area contributed by atoms with Crippen LogP contribution in [0.1, 0.15) is 58.3 Å². The predicted octanol–water partition coefficient (Wildman–Crippen LogP) is 2.32. The molecule has 3 fully saturated rings. The lowest BCUT2D eigenvalue weighted by Crippen LogP contribution is -2.58. The third kappa shape index (κ3) is 3.42. The van der Waals surface area contributed by atoms with Gasteiger partial charge >= 0.3 is 5.97 Å². The molecule has 0 aliphatic heterocycles. The van der Waals surface area contributed by atoms with Gasteiger partial charge in [-0.2, -0.15) is 0 Å². The fraction of sp³-hybridized carbons (Fsp3) is 0.941. The van der Waals surface area contributed by atoms with Crippen LogP contribution in [0, 0.1) is 5.92 Å². The van der Waals surface area contributed by atoms with Crippen molar-refractivity contribution in [3.05, 3.63) is 0 Å². The summed E-state index contributed by atoms with van der Waals surface area (Å²) in [5.74, 6) is 0.887. The molecule has 0 spiro atoms. The van der Waals surface area contributed by atoms with Crippen molar-refractivity contribution in [3.63, 3.8) is 0 Å². The molecule has 0 bridgehead atoms. The van der Waals surface area contributed by atoms with E-state index in [9.17, 15) is 4.79 Å². The van der Waals surface area contributed by atoms with Crippen molar-refractivity contribution in [1.29, 1.82) is 0 Å². The van der Waals surface area contributed by atoms with Gasteiger partial charge in [0.25, 0.3) is 0 Å². The van der Waals surface area contributed by atoms with Gasteiger partial charge in [-0.25, -0.2) is 0 Å². The molecule has 3 saturated carbocycles. The summed E-state index contributed by atoms with van der Waals surface area (Å²) in [6.07, 6.45) is 9.73. The number of esters is 1. The lowest BCUT2D eigenvalue weighted by atomic mass is 9.78. The van der Waals surface area contributed by atoms with Crippen LogP contribution in [0.3, 0.4) is 0 Å². The molecule has 0 aromatic carbocycles. The Labute approximate surface area is 128 Å². The number of rotatable bonds is 7. The summed E-state index contributed by atoms with van der Waals surface area (Å²) in [5, 5.41) is 3.31. The highest BCUT2D eigenvalue weighted by Gasteiger charge is 2.47. The van der Waals surface area contributed by atoms with E-state index < -0.39 is 5.54 Å². The highest BCUT2D eigenvalue weighted by atomic mass is 16.5. The zero-order valence-corrected chi connectivity index (χ0v) is 13.6. The number of hydrogen-bond acceptors (Lipinski definition) is 4. The fourth-order valence-corrected chi connectivity index (χ4v) is 3.91. The molecule has 2 unspecified atom stereocenters. The first kappa shape index (κ1) is 15.3. The van der Waals surface area contributed by atoms with Crippen LogP contribution in [0.25, 0.3) is 0 Å². The number of nitrogens with one attached hydrogen (secondary N) is 1. The summed E-state index contributed by atoms with van der Waals surface area (Å²) in [5.41, 5.74) is -0.449. The first-order chi connectivity index (χ1) is 10.2. The van der Waals surface area contributed by atoms with Gasteiger partial charge in [-0.1, -0.05) is 0 Å². The van der Waals surface area contributed by atoms with Crippen molar-refractivity contribution in [2.75, 3.05) is 20.2 Å². The van der Waals surface area contributed by atoms with Crippen LogP contribution < -0.4 is 5.32 Å². The first-order valence-corrected chi connectivity index (χ1v) is 8.80. The van der Waals surface area contributed by atoms with Gasteiger partial charge in [0.1, 0.15) is 5.54 Å². The van der Waals surface area contributed by atoms with E-state index in [0.29, 0.717) is 12.6 Å². The minimum absolute atomic E-state index is 0.0423. The average Bonchev–Trinajstić information content (AvgIpc) is 3.38. The highest BCUT2D eigenvalue weighted by molar-refractivity contribution is 5.81. The minimum atomic E-state index is -0.449. The van der Waals surface area contributed by atoms with Crippen LogP contribution in [-0.4, -0.2) is 48.7 Å². The van der Waals surface area contributed by atoms with Crippen LogP contribution in [0.2, 0.25) is 0 Å².